The van der Waals surface area contributed by atoms with Crippen molar-refractivity contribution in [2.75, 3.05) is 0 Å². The Balaban J connectivity index is 1.74. The molecule has 0 bridgehead atoms. The number of hydrogen-bond donors (Lipinski definition) is 0. The highest BCUT2D eigenvalue weighted by Gasteiger charge is 1.90. The third-order valence-electron chi connectivity index (χ3n) is 2.47. The van der Waals surface area contributed by atoms with Crippen molar-refractivity contribution in [2.24, 2.45) is 0 Å². The van der Waals surface area contributed by atoms with Crippen LogP contribution >= 0.6 is 23.5 Å². The van der Waals surface area contributed by atoms with Gasteiger partial charge in [0, 0.05) is 10.6 Å². The molecule has 2 aromatic rings. The molecule has 0 spiro atoms. The summed E-state index contributed by atoms with van der Waals surface area (Å²) in [7, 11) is 0. The predicted molar refractivity (Wildman–Crippen MR) is 83.9 cm³/mol. The van der Waals surface area contributed by atoms with Gasteiger partial charge in [-0.3, -0.25) is 0 Å². The molecule has 0 aliphatic carbocycles. The van der Waals surface area contributed by atoms with Gasteiger partial charge in [0.05, 0.1) is 0 Å². The molecule has 0 aliphatic heterocycles. The lowest BCUT2D eigenvalue weighted by Gasteiger charge is -1.98. The van der Waals surface area contributed by atoms with Crippen molar-refractivity contribution in [3.8, 4) is 0 Å². The summed E-state index contributed by atoms with van der Waals surface area (Å²) in [6.07, 6.45) is 0. The minimum atomic E-state index is 1.03. The van der Waals surface area contributed by atoms with Crippen LogP contribution < -0.4 is 0 Å². The van der Waals surface area contributed by atoms with E-state index in [-0.39, 0.29) is 0 Å². The zero-order valence-corrected chi connectivity index (χ0v) is 12.0. The van der Waals surface area contributed by atoms with Crippen molar-refractivity contribution < 1.29 is 0 Å². The quantitative estimate of drug-likeness (QED) is 0.660. The molecule has 0 aliphatic rings. The second-order valence-corrected chi connectivity index (χ2v) is 5.87. The topological polar surface area (TPSA) is 0 Å². The Morgan fingerprint density at radius 3 is 2.33 bits per heavy atom. The summed E-state index contributed by atoms with van der Waals surface area (Å²) in [6.45, 7) is 2.11. The van der Waals surface area contributed by atoms with Crippen LogP contribution in [-0.4, -0.2) is 0 Å². The summed E-state index contributed by atoms with van der Waals surface area (Å²) in [5, 5.41) is 4.32. The van der Waals surface area contributed by atoms with E-state index in [0.717, 1.165) is 5.75 Å². The van der Waals surface area contributed by atoms with Crippen LogP contribution in [0.15, 0.2) is 70.3 Å². The van der Waals surface area contributed by atoms with Gasteiger partial charge in [-0.25, -0.2) is 0 Å². The van der Waals surface area contributed by atoms with Crippen molar-refractivity contribution >= 4 is 23.5 Å². The van der Waals surface area contributed by atoms with Crippen molar-refractivity contribution in [1.82, 2.24) is 0 Å². The van der Waals surface area contributed by atoms with Gasteiger partial charge in [0.1, 0.15) is 0 Å². The highest BCUT2D eigenvalue weighted by molar-refractivity contribution is 8.05. The van der Waals surface area contributed by atoms with Crippen molar-refractivity contribution in [3.63, 3.8) is 0 Å². The molecule has 0 N–H and O–H groups in total. The highest BCUT2D eigenvalue weighted by atomic mass is 32.2. The van der Waals surface area contributed by atoms with Crippen molar-refractivity contribution in [1.29, 1.82) is 0 Å². The lowest BCUT2D eigenvalue weighted by molar-refractivity contribution is 1.38. The fourth-order valence-electron chi connectivity index (χ4n) is 1.48. The molecular formula is C16H16S2. The molecule has 0 amide bonds. The van der Waals surface area contributed by atoms with Crippen LogP contribution in [0.3, 0.4) is 0 Å². The van der Waals surface area contributed by atoms with E-state index in [2.05, 4.69) is 72.3 Å². The zero-order chi connectivity index (χ0) is 12.6. The predicted octanol–water partition coefficient (Wildman–Crippen LogP) is 5.49. The molecule has 0 radical (unpaired) electrons. The molecule has 0 aromatic heterocycles. The zero-order valence-electron chi connectivity index (χ0n) is 10.4. The van der Waals surface area contributed by atoms with Crippen LogP contribution in [0.1, 0.15) is 11.1 Å². The average Bonchev–Trinajstić information content (AvgIpc) is 2.42. The SMILES string of the molecule is Cc1ccc(S/C=C\SCc2ccccc2)cc1. The van der Waals surface area contributed by atoms with E-state index >= 15 is 0 Å². The number of hydrogen-bond acceptors (Lipinski definition) is 2. The van der Waals surface area contributed by atoms with Crippen LogP contribution in [0, 0.1) is 6.92 Å². The molecule has 0 heterocycles. The van der Waals surface area contributed by atoms with Gasteiger partial charge >= 0.3 is 0 Å². The van der Waals surface area contributed by atoms with Gasteiger partial charge in [0.25, 0.3) is 0 Å². The lowest BCUT2D eigenvalue weighted by atomic mass is 10.2. The van der Waals surface area contributed by atoms with E-state index in [9.17, 15) is 0 Å². The monoisotopic (exact) mass is 272 g/mol. The van der Waals surface area contributed by atoms with E-state index < -0.39 is 0 Å². The second-order valence-electron chi connectivity index (χ2n) is 4.00. The van der Waals surface area contributed by atoms with Crippen molar-refractivity contribution in [3.05, 3.63) is 76.5 Å². The fourth-order valence-corrected chi connectivity index (χ4v) is 2.95. The molecule has 92 valence electrons. The summed E-state index contributed by atoms with van der Waals surface area (Å²) in [6, 6.07) is 19.2. The smallest absolute Gasteiger partial charge is 0.0226 e. The molecule has 0 nitrogen and oxygen atoms in total. The molecular weight excluding hydrogens is 256 g/mol. The van der Waals surface area contributed by atoms with Gasteiger partial charge in [-0.2, -0.15) is 0 Å². The Bertz CT molecular complexity index is 486. The first-order valence-electron chi connectivity index (χ1n) is 5.88. The Kier molecular flexibility index (Phi) is 5.43. The largest absolute Gasteiger partial charge is 0.129 e. The Morgan fingerprint density at radius 1 is 0.889 bits per heavy atom. The summed E-state index contributed by atoms with van der Waals surface area (Å²) in [5.74, 6) is 1.03. The minimum Gasteiger partial charge on any atom is -0.129 e. The van der Waals surface area contributed by atoms with Gasteiger partial charge in [-0.1, -0.05) is 59.8 Å². The van der Waals surface area contributed by atoms with Crippen LogP contribution in [0.4, 0.5) is 0 Å². The molecule has 0 saturated heterocycles. The molecule has 2 heteroatoms. The molecule has 2 aromatic carbocycles. The fraction of sp³-hybridized carbons (Fsp3) is 0.125. The summed E-state index contributed by atoms with van der Waals surface area (Å²) in [4.78, 5) is 1.29. The number of benzene rings is 2. The van der Waals surface area contributed by atoms with E-state index in [0.29, 0.717) is 0 Å². The number of thioether (sulfide) groups is 2. The third kappa shape index (κ3) is 4.63. The molecule has 0 atom stereocenters. The lowest BCUT2D eigenvalue weighted by Crippen LogP contribution is -1.75. The summed E-state index contributed by atoms with van der Waals surface area (Å²) < 4.78 is 0. The molecule has 0 saturated carbocycles. The van der Waals surface area contributed by atoms with Crippen LogP contribution in [0.25, 0.3) is 0 Å². The van der Waals surface area contributed by atoms with Crippen LogP contribution in [-0.2, 0) is 5.75 Å². The maximum Gasteiger partial charge on any atom is 0.0226 e. The van der Waals surface area contributed by atoms with E-state index in [1.54, 1.807) is 11.8 Å². The second kappa shape index (κ2) is 7.34. The molecule has 18 heavy (non-hydrogen) atoms. The minimum absolute atomic E-state index is 1.03. The Hall–Kier alpha value is -1.12. The summed E-state index contributed by atoms with van der Waals surface area (Å²) >= 11 is 3.59. The van der Waals surface area contributed by atoms with Gasteiger partial charge in [-0.05, 0) is 35.4 Å². The highest BCUT2D eigenvalue weighted by Crippen LogP contribution is 2.22. The average molecular weight is 272 g/mol. The van der Waals surface area contributed by atoms with Gasteiger partial charge in [0.2, 0.25) is 0 Å². The first-order valence-corrected chi connectivity index (χ1v) is 7.81. The van der Waals surface area contributed by atoms with E-state index in [4.69, 9.17) is 0 Å². The number of rotatable bonds is 5. The van der Waals surface area contributed by atoms with Crippen LogP contribution in [0.2, 0.25) is 0 Å². The Labute approximate surface area is 118 Å². The molecule has 0 fully saturated rings. The van der Waals surface area contributed by atoms with E-state index in [1.165, 1.54) is 16.0 Å². The maximum absolute atomic E-state index is 2.16. The normalized spacial score (nSPS) is 10.9. The third-order valence-corrected chi connectivity index (χ3v) is 4.29. The van der Waals surface area contributed by atoms with Crippen LogP contribution in [0.5, 0.6) is 0 Å². The first-order chi connectivity index (χ1) is 8.84. The molecule has 2 rings (SSSR count). The molecule has 0 unspecified atom stereocenters. The standard InChI is InChI=1S/C16H16S2/c1-14-7-9-16(10-8-14)18-12-11-17-13-15-5-3-2-4-6-15/h2-12H,13H2,1H3/b12-11-. The Morgan fingerprint density at radius 2 is 1.61 bits per heavy atom. The van der Waals surface area contributed by atoms with Gasteiger partial charge < -0.3 is 0 Å². The number of aryl methyl sites for hydroxylation is 1. The van der Waals surface area contributed by atoms with E-state index in [1.807, 2.05) is 11.8 Å². The van der Waals surface area contributed by atoms with Gasteiger partial charge in [0.15, 0.2) is 0 Å². The summed E-state index contributed by atoms with van der Waals surface area (Å²) in [5.41, 5.74) is 2.68. The van der Waals surface area contributed by atoms with Gasteiger partial charge in [-0.15, -0.1) is 11.8 Å². The maximum atomic E-state index is 2.16. The first kappa shape index (κ1) is 13.3. The van der Waals surface area contributed by atoms with Crippen molar-refractivity contribution in [2.45, 2.75) is 17.6 Å².